The van der Waals surface area contributed by atoms with Crippen LogP contribution in [0.4, 0.5) is 5.82 Å². The van der Waals surface area contributed by atoms with Crippen LogP contribution in [0.25, 0.3) is 11.4 Å². The average molecular weight is 273 g/mol. The molecule has 1 aromatic carbocycles. The minimum atomic E-state index is 0.497. The van der Waals surface area contributed by atoms with Crippen molar-refractivity contribution in [2.75, 3.05) is 20.0 Å². The Morgan fingerprint density at radius 2 is 1.90 bits per heavy atom. The topological polar surface area (TPSA) is 70.3 Å². The first-order valence-electron chi connectivity index (χ1n) is 6.46. The molecule has 5 heteroatoms. The quantitative estimate of drug-likeness (QED) is 0.927. The van der Waals surface area contributed by atoms with E-state index in [9.17, 15) is 0 Å². The van der Waals surface area contributed by atoms with Crippen LogP contribution < -0.4 is 15.2 Å². The number of methoxy groups -OCH3 is 2. The van der Waals surface area contributed by atoms with Gasteiger partial charge in [0.2, 0.25) is 0 Å². The molecule has 0 aliphatic rings. The van der Waals surface area contributed by atoms with Crippen molar-refractivity contribution in [3.05, 3.63) is 29.5 Å². The Bertz CT molecular complexity index is 627. The van der Waals surface area contributed by atoms with Crippen molar-refractivity contribution in [3.63, 3.8) is 0 Å². The maximum Gasteiger partial charge on any atom is 0.165 e. The Morgan fingerprint density at radius 3 is 2.50 bits per heavy atom. The lowest BCUT2D eigenvalue weighted by molar-refractivity contribution is 0.404. The van der Waals surface area contributed by atoms with E-state index in [1.54, 1.807) is 14.2 Å². The Morgan fingerprint density at radius 1 is 1.15 bits per heavy atom. The number of nitrogens with zero attached hydrogens (tertiary/aromatic N) is 2. The molecule has 0 unspecified atom stereocenters. The average Bonchev–Trinajstić information content (AvgIpc) is 2.49. The molecule has 0 fully saturated rings. The number of hydrogen-bond donors (Lipinski definition) is 1. The molecule has 2 aromatic rings. The fourth-order valence-corrected chi connectivity index (χ4v) is 2.04. The largest absolute Gasteiger partial charge is 0.497 e. The standard InChI is InChI=1S/C15H19N3O2/c1-5-12-9(2)14(16)18-15(17-12)11-8-10(19-3)6-7-13(11)20-4/h6-8H,5H2,1-4H3,(H2,16,17,18). The number of ether oxygens (including phenoxy) is 2. The first-order chi connectivity index (χ1) is 9.60. The summed E-state index contributed by atoms with van der Waals surface area (Å²) in [5.41, 5.74) is 8.62. The minimum absolute atomic E-state index is 0.497. The van der Waals surface area contributed by atoms with Gasteiger partial charge in [-0.25, -0.2) is 9.97 Å². The second kappa shape index (κ2) is 5.77. The van der Waals surface area contributed by atoms with Crippen LogP contribution in [-0.4, -0.2) is 24.2 Å². The first-order valence-corrected chi connectivity index (χ1v) is 6.46. The number of hydrogen-bond acceptors (Lipinski definition) is 5. The number of aryl methyl sites for hydroxylation is 1. The van der Waals surface area contributed by atoms with Gasteiger partial charge >= 0.3 is 0 Å². The van der Waals surface area contributed by atoms with Crippen molar-refractivity contribution < 1.29 is 9.47 Å². The number of benzene rings is 1. The second-order valence-corrected chi connectivity index (χ2v) is 4.42. The summed E-state index contributed by atoms with van der Waals surface area (Å²) < 4.78 is 10.6. The van der Waals surface area contributed by atoms with E-state index >= 15 is 0 Å². The Labute approximate surface area is 118 Å². The number of anilines is 1. The van der Waals surface area contributed by atoms with Crippen LogP contribution >= 0.6 is 0 Å². The Balaban J connectivity index is 2.63. The van der Waals surface area contributed by atoms with Crippen molar-refractivity contribution in [1.29, 1.82) is 0 Å². The smallest absolute Gasteiger partial charge is 0.165 e. The van der Waals surface area contributed by atoms with Crippen molar-refractivity contribution >= 4 is 5.82 Å². The fourth-order valence-electron chi connectivity index (χ4n) is 2.04. The molecule has 0 spiro atoms. The van der Waals surface area contributed by atoms with Gasteiger partial charge in [-0.1, -0.05) is 6.92 Å². The van der Waals surface area contributed by atoms with Gasteiger partial charge in [0.1, 0.15) is 17.3 Å². The van der Waals surface area contributed by atoms with Gasteiger partial charge in [-0.15, -0.1) is 0 Å². The third kappa shape index (κ3) is 2.52. The number of nitrogens with two attached hydrogens (primary N) is 1. The molecular formula is C15H19N3O2. The molecule has 1 heterocycles. The normalized spacial score (nSPS) is 10.4. The summed E-state index contributed by atoms with van der Waals surface area (Å²) in [6.07, 6.45) is 0.803. The van der Waals surface area contributed by atoms with E-state index in [1.807, 2.05) is 32.0 Å². The third-order valence-electron chi connectivity index (χ3n) is 3.27. The van der Waals surface area contributed by atoms with Crippen molar-refractivity contribution in [2.45, 2.75) is 20.3 Å². The predicted octanol–water partition coefficient (Wildman–Crippen LogP) is 2.61. The van der Waals surface area contributed by atoms with Crippen LogP contribution in [0, 0.1) is 6.92 Å². The Hall–Kier alpha value is -2.30. The summed E-state index contributed by atoms with van der Waals surface area (Å²) in [5, 5.41) is 0. The highest BCUT2D eigenvalue weighted by atomic mass is 16.5. The summed E-state index contributed by atoms with van der Waals surface area (Å²) in [6.45, 7) is 3.97. The molecule has 0 saturated heterocycles. The molecule has 0 amide bonds. The van der Waals surface area contributed by atoms with Crippen LogP contribution in [0.1, 0.15) is 18.2 Å². The van der Waals surface area contributed by atoms with Crippen LogP contribution in [0.2, 0.25) is 0 Å². The molecular weight excluding hydrogens is 254 g/mol. The lowest BCUT2D eigenvalue weighted by Gasteiger charge is -2.12. The van der Waals surface area contributed by atoms with E-state index in [1.165, 1.54) is 0 Å². The highest BCUT2D eigenvalue weighted by Gasteiger charge is 2.14. The Kier molecular flexibility index (Phi) is 4.08. The number of nitrogen functional groups attached to an aromatic ring is 1. The molecule has 2 rings (SSSR count). The van der Waals surface area contributed by atoms with Gasteiger partial charge < -0.3 is 15.2 Å². The van der Waals surface area contributed by atoms with E-state index in [4.69, 9.17) is 15.2 Å². The summed E-state index contributed by atoms with van der Waals surface area (Å²) in [4.78, 5) is 8.95. The van der Waals surface area contributed by atoms with Gasteiger partial charge in [0, 0.05) is 11.3 Å². The number of aromatic nitrogens is 2. The molecule has 1 aromatic heterocycles. The van der Waals surface area contributed by atoms with E-state index in [0.717, 1.165) is 29.0 Å². The monoisotopic (exact) mass is 273 g/mol. The molecule has 0 bridgehead atoms. The molecule has 20 heavy (non-hydrogen) atoms. The van der Waals surface area contributed by atoms with E-state index < -0.39 is 0 Å². The van der Waals surface area contributed by atoms with Crippen molar-refractivity contribution in [3.8, 4) is 22.9 Å². The molecule has 0 aliphatic heterocycles. The molecule has 0 atom stereocenters. The van der Waals surface area contributed by atoms with Crippen molar-refractivity contribution in [2.24, 2.45) is 0 Å². The third-order valence-corrected chi connectivity index (χ3v) is 3.27. The van der Waals surface area contributed by atoms with Gasteiger partial charge in [0.15, 0.2) is 5.82 Å². The highest BCUT2D eigenvalue weighted by molar-refractivity contribution is 5.68. The molecule has 106 valence electrons. The van der Waals surface area contributed by atoms with Gasteiger partial charge in [-0.3, -0.25) is 0 Å². The van der Waals surface area contributed by atoms with E-state index in [0.29, 0.717) is 17.4 Å². The van der Waals surface area contributed by atoms with Gasteiger partial charge in [0.05, 0.1) is 19.8 Å². The summed E-state index contributed by atoms with van der Waals surface area (Å²) in [5.74, 6) is 2.47. The zero-order valence-electron chi connectivity index (χ0n) is 12.2. The highest BCUT2D eigenvalue weighted by Crippen LogP contribution is 2.32. The minimum Gasteiger partial charge on any atom is -0.497 e. The van der Waals surface area contributed by atoms with Crippen LogP contribution in [0.15, 0.2) is 18.2 Å². The van der Waals surface area contributed by atoms with Gasteiger partial charge in [0.25, 0.3) is 0 Å². The zero-order valence-corrected chi connectivity index (χ0v) is 12.2. The van der Waals surface area contributed by atoms with Crippen LogP contribution in [-0.2, 0) is 6.42 Å². The van der Waals surface area contributed by atoms with Crippen LogP contribution in [0.5, 0.6) is 11.5 Å². The molecule has 0 radical (unpaired) electrons. The maximum absolute atomic E-state index is 5.97. The first kappa shape index (κ1) is 14.1. The summed E-state index contributed by atoms with van der Waals surface area (Å²) >= 11 is 0. The fraction of sp³-hybridized carbons (Fsp3) is 0.333. The van der Waals surface area contributed by atoms with E-state index in [2.05, 4.69) is 9.97 Å². The maximum atomic E-state index is 5.97. The summed E-state index contributed by atoms with van der Waals surface area (Å²) in [7, 11) is 3.23. The zero-order chi connectivity index (χ0) is 14.7. The molecule has 0 saturated carbocycles. The molecule has 2 N–H and O–H groups in total. The van der Waals surface area contributed by atoms with Gasteiger partial charge in [-0.05, 0) is 31.5 Å². The molecule has 5 nitrogen and oxygen atoms in total. The summed E-state index contributed by atoms with van der Waals surface area (Å²) in [6, 6.07) is 5.52. The van der Waals surface area contributed by atoms with E-state index in [-0.39, 0.29) is 0 Å². The van der Waals surface area contributed by atoms with Crippen LogP contribution in [0.3, 0.4) is 0 Å². The van der Waals surface area contributed by atoms with Gasteiger partial charge in [-0.2, -0.15) is 0 Å². The lowest BCUT2D eigenvalue weighted by atomic mass is 10.1. The van der Waals surface area contributed by atoms with Crippen molar-refractivity contribution in [1.82, 2.24) is 9.97 Å². The molecule has 0 aliphatic carbocycles. The second-order valence-electron chi connectivity index (χ2n) is 4.42. The SMILES string of the molecule is CCc1nc(-c2cc(OC)ccc2OC)nc(N)c1C. The number of rotatable bonds is 4. The lowest BCUT2D eigenvalue weighted by Crippen LogP contribution is -2.05. The predicted molar refractivity (Wildman–Crippen MR) is 79.1 cm³/mol.